The molecule has 0 N–H and O–H groups in total. The van der Waals surface area contributed by atoms with E-state index in [1.54, 1.807) is 35.2 Å². The van der Waals surface area contributed by atoms with Crippen molar-refractivity contribution < 1.29 is 13.2 Å². The molecule has 0 aromatic heterocycles. The fourth-order valence-electron chi connectivity index (χ4n) is 3.20. The smallest absolute Gasteiger partial charge is 0.243 e. The van der Waals surface area contributed by atoms with Gasteiger partial charge in [-0.25, -0.2) is 8.42 Å². The van der Waals surface area contributed by atoms with Gasteiger partial charge in [0.1, 0.15) is 0 Å². The van der Waals surface area contributed by atoms with Crippen LogP contribution in [0.1, 0.15) is 5.56 Å². The Morgan fingerprint density at radius 3 is 2.07 bits per heavy atom. The third-order valence-electron chi connectivity index (χ3n) is 4.67. The SMILES string of the molecule is CN(CC(=O)N1CCN(S(=O)(=O)c2ccccc2)CC1)Cc1ccccc1. The van der Waals surface area contributed by atoms with Crippen molar-refractivity contribution in [2.45, 2.75) is 11.4 Å². The molecule has 6 nitrogen and oxygen atoms in total. The molecule has 0 unspecified atom stereocenters. The van der Waals surface area contributed by atoms with Gasteiger partial charge in [-0.1, -0.05) is 48.5 Å². The lowest BCUT2D eigenvalue weighted by Gasteiger charge is -2.34. The predicted octanol–water partition coefficient (Wildman–Crippen LogP) is 1.65. The molecule has 1 aliphatic rings. The Morgan fingerprint density at radius 1 is 0.926 bits per heavy atom. The summed E-state index contributed by atoms with van der Waals surface area (Å²) in [5.41, 5.74) is 1.16. The first kappa shape index (κ1) is 19.5. The average molecular weight is 388 g/mol. The molecule has 2 aromatic rings. The number of nitrogens with zero attached hydrogens (tertiary/aromatic N) is 3. The highest BCUT2D eigenvalue weighted by Gasteiger charge is 2.30. The maximum Gasteiger partial charge on any atom is 0.243 e. The van der Waals surface area contributed by atoms with E-state index in [9.17, 15) is 13.2 Å². The highest BCUT2D eigenvalue weighted by molar-refractivity contribution is 7.89. The average Bonchev–Trinajstić information content (AvgIpc) is 2.69. The Morgan fingerprint density at radius 2 is 1.48 bits per heavy atom. The van der Waals surface area contributed by atoms with E-state index in [1.807, 2.05) is 42.3 Å². The largest absolute Gasteiger partial charge is 0.339 e. The zero-order chi connectivity index (χ0) is 19.3. The number of benzene rings is 2. The summed E-state index contributed by atoms with van der Waals surface area (Å²) < 4.78 is 26.8. The molecular formula is C20H25N3O3S. The number of rotatable bonds is 6. The molecule has 7 heteroatoms. The molecule has 0 saturated carbocycles. The molecule has 0 atom stereocenters. The number of sulfonamides is 1. The van der Waals surface area contributed by atoms with E-state index in [1.165, 1.54) is 4.31 Å². The molecule has 0 bridgehead atoms. The Kier molecular flexibility index (Phi) is 6.26. The van der Waals surface area contributed by atoms with E-state index < -0.39 is 10.0 Å². The van der Waals surface area contributed by atoms with Crippen LogP contribution in [0.15, 0.2) is 65.6 Å². The standard InChI is InChI=1S/C20H25N3O3S/c1-21(16-18-8-4-2-5-9-18)17-20(24)22-12-14-23(15-13-22)27(25,26)19-10-6-3-7-11-19/h2-11H,12-17H2,1H3. The van der Waals surface area contributed by atoms with Gasteiger partial charge in [0.2, 0.25) is 15.9 Å². The normalized spacial score (nSPS) is 15.9. The minimum Gasteiger partial charge on any atom is -0.339 e. The third kappa shape index (κ3) is 4.94. The highest BCUT2D eigenvalue weighted by atomic mass is 32.2. The zero-order valence-electron chi connectivity index (χ0n) is 15.5. The lowest BCUT2D eigenvalue weighted by Crippen LogP contribution is -2.52. The fraction of sp³-hybridized carbons (Fsp3) is 0.350. The van der Waals surface area contributed by atoms with Gasteiger partial charge in [-0.15, -0.1) is 0 Å². The van der Waals surface area contributed by atoms with Crippen LogP contribution in [0.3, 0.4) is 0 Å². The highest BCUT2D eigenvalue weighted by Crippen LogP contribution is 2.17. The van der Waals surface area contributed by atoms with Crippen LogP contribution in [0.2, 0.25) is 0 Å². The molecule has 0 spiro atoms. The van der Waals surface area contributed by atoms with Crippen molar-refractivity contribution in [1.82, 2.24) is 14.1 Å². The molecule has 27 heavy (non-hydrogen) atoms. The molecular weight excluding hydrogens is 362 g/mol. The summed E-state index contributed by atoms with van der Waals surface area (Å²) in [6, 6.07) is 18.4. The summed E-state index contributed by atoms with van der Waals surface area (Å²) in [5, 5.41) is 0. The topological polar surface area (TPSA) is 60.9 Å². The molecule has 144 valence electrons. The van der Waals surface area contributed by atoms with Crippen LogP contribution in [0.25, 0.3) is 0 Å². The van der Waals surface area contributed by atoms with Crippen molar-refractivity contribution in [3.05, 3.63) is 66.2 Å². The first-order chi connectivity index (χ1) is 13.0. The summed E-state index contributed by atoms with van der Waals surface area (Å²) in [4.78, 5) is 16.6. The van der Waals surface area contributed by atoms with Crippen LogP contribution >= 0.6 is 0 Å². The third-order valence-corrected chi connectivity index (χ3v) is 6.59. The first-order valence-corrected chi connectivity index (χ1v) is 10.5. The van der Waals surface area contributed by atoms with Gasteiger partial charge in [0, 0.05) is 32.7 Å². The first-order valence-electron chi connectivity index (χ1n) is 9.02. The number of hydrogen-bond donors (Lipinski definition) is 0. The number of likely N-dealkylation sites (N-methyl/N-ethyl adjacent to an activating group) is 1. The Hall–Kier alpha value is -2.22. The van der Waals surface area contributed by atoms with Crippen molar-refractivity contribution in [3.63, 3.8) is 0 Å². The summed E-state index contributed by atoms with van der Waals surface area (Å²) in [6.07, 6.45) is 0. The molecule has 1 heterocycles. The molecule has 0 radical (unpaired) electrons. The minimum atomic E-state index is -3.49. The number of piperazine rings is 1. The summed E-state index contributed by atoms with van der Waals surface area (Å²) in [6.45, 7) is 2.51. The monoisotopic (exact) mass is 387 g/mol. The number of hydrogen-bond acceptors (Lipinski definition) is 4. The maximum absolute atomic E-state index is 12.7. The second-order valence-corrected chi connectivity index (χ2v) is 8.69. The lowest BCUT2D eigenvalue weighted by atomic mass is 10.2. The molecule has 1 saturated heterocycles. The minimum absolute atomic E-state index is 0.0326. The second kappa shape index (κ2) is 8.65. The molecule has 2 aromatic carbocycles. The van der Waals surface area contributed by atoms with Gasteiger partial charge in [-0.3, -0.25) is 9.69 Å². The number of carbonyl (C=O) groups excluding carboxylic acids is 1. The van der Waals surface area contributed by atoms with Crippen molar-refractivity contribution in [1.29, 1.82) is 0 Å². The molecule has 1 aliphatic heterocycles. The van der Waals surface area contributed by atoms with Crippen LogP contribution in [0.4, 0.5) is 0 Å². The van der Waals surface area contributed by atoms with Gasteiger partial charge < -0.3 is 4.90 Å². The van der Waals surface area contributed by atoms with E-state index in [0.717, 1.165) is 5.56 Å². The van der Waals surface area contributed by atoms with Gasteiger partial charge in [0.25, 0.3) is 0 Å². The quantitative estimate of drug-likeness (QED) is 0.756. The summed E-state index contributed by atoms with van der Waals surface area (Å²) in [7, 11) is -1.57. The maximum atomic E-state index is 12.7. The van der Waals surface area contributed by atoms with E-state index in [4.69, 9.17) is 0 Å². The van der Waals surface area contributed by atoms with Crippen LogP contribution in [-0.4, -0.2) is 68.2 Å². The fourth-order valence-corrected chi connectivity index (χ4v) is 4.64. The van der Waals surface area contributed by atoms with Crippen LogP contribution in [0.5, 0.6) is 0 Å². The Bertz CT molecular complexity index is 849. The van der Waals surface area contributed by atoms with Crippen molar-refractivity contribution in [2.75, 3.05) is 39.8 Å². The molecule has 0 aliphatic carbocycles. The van der Waals surface area contributed by atoms with Crippen LogP contribution in [-0.2, 0) is 21.4 Å². The number of amides is 1. The van der Waals surface area contributed by atoms with Gasteiger partial charge in [0.05, 0.1) is 11.4 Å². The Balaban J connectivity index is 1.52. The van der Waals surface area contributed by atoms with E-state index >= 15 is 0 Å². The van der Waals surface area contributed by atoms with Gasteiger partial charge in [-0.05, 0) is 24.7 Å². The Labute approximate surface area is 161 Å². The number of carbonyl (C=O) groups is 1. The zero-order valence-corrected chi connectivity index (χ0v) is 16.3. The molecule has 3 rings (SSSR count). The van der Waals surface area contributed by atoms with Crippen molar-refractivity contribution >= 4 is 15.9 Å². The van der Waals surface area contributed by atoms with Crippen LogP contribution in [0, 0.1) is 0 Å². The van der Waals surface area contributed by atoms with Gasteiger partial charge in [0.15, 0.2) is 0 Å². The predicted molar refractivity (Wildman–Crippen MR) is 105 cm³/mol. The molecule has 1 fully saturated rings. The van der Waals surface area contributed by atoms with Crippen LogP contribution < -0.4 is 0 Å². The summed E-state index contributed by atoms with van der Waals surface area (Å²) in [5.74, 6) is 0.0326. The summed E-state index contributed by atoms with van der Waals surface area (Å²) >= 11 is 0. The lowest BCUT2D eigenvalue weighted by molar-refractivity contribution is -0.133. The second-order valence-electron chi connectivity index (χ2n) is 6.76. The van der Waals surface area contributed by atoms with Crippen molar-refractivity contribution in [3.8, 4) is 0 Å². The molecule has 1 amide bonds. The van der Waals surface area contributed by atoms with E-state index in [0.29, 0.717) is 44.2 Å². The van der Waals surface area contributed by atoms with E-state index in [2.05, 4.69) is 0 Å². The van der Waals surface area contributed by atoms with Gasteiger partial charge >= 0.3 is 0 Å². The van der Waals surface area contributed by atoms with Crippen molar-refractivity contribution in [2.24, 2.45) is 0 Å². The van der Waals surface area contributed by atoms with E-state index in [-0.39, 0.29) is 5.91 Å². The van der Waals surface area contributed by atoms with Gasteiger partial charge in [-0.2, -0.15) is 4.31 Å².